The third kappa shape index (κ3) is 5.21. The van der Waals surface area contributed by atoms with Gasteiger partial charge < -0.3 is 0 Å². The van der Waals surface area contributed by atoms with Crippen LogP contribution in [0.4, 0.5) is 0 Å². The van der Waals surface area contributed by atoms with Crippen molar-refractivity contribution in [2.75, 3.05) is 0 Å². The van der Waals surface area contributed by atoms with Gasteiger partial charge in [0.2, 0.25) is 0 Å². The first-order chi connectivity index (χ1) is 14.7. The maximum absolute atomic E-state index is 2.45. The lowest BCUT2D eigenvalue weighted by atomic mass is 9.67. The normalized spacial score (nSPS) is 13.9. The van der Waals surface area contributed by atoms with Crippen LogP contribution in [0.15, 0.2) is 42.5 Å². The summed E-state index contributed by atoms with van der Waals surface area (Å²) in [4.78, 5) is 0. The van der Waals surface area contributed by atoms with Crippen molar-refractivity contribution < 1.29 is 0 Å². The van der Waals surface area contributed by atoms with Crippen LogP contribution in [0.5, 0.6) is 0 Å². The number of rotatable bonds is 14. The van der Waals surface area contributed by atoms with E-state index in [4.69, 9.17) is 0 Å². The molecule has 0 fully saturated rings. The van der Waals surface area contributed by atoms with Crippen molar-refractivity contribution in [3.63, 3.8) is 0 Å². The van der Waals surface area contributed by atoms with E-state index < -0.39 is 0 Å². The highest BCUT2D eigenvalue weighted by Crippen LogP contribution is 2.53. The van der Waals surface area contributed by atoms with Gasteiger partial charge in [0.15, 0.2) is 0 Å². The second-order valence-corrected chi connectivity index (χ2v) is 9.66. The summed E-state index contributed by atoms with van der Waals surface area (Å²) in [5, 5.41) is 0. The fourth-order valence-corrected chi connectivity index (χ4v) is 5.86. The molecule has 0 atom stereocenters. The van der Waals surface area contributed by atoms with Crippen molar-refractivity contribution in [1.82, 2.24) is 0 Å². The van der Waals surface area contributed by atoms with E-state index in [1.165, 1.54) is 106 Å². The molecule has 3 rings (SSSR count). The molecule has 2 aromatic carbocycles. The van der Waals surface area contributed by atoms with E-state index in [1.807, 2.05) is 0 Å². The summed E-state index contributed by atoms with van der Waals surface area (Å²) in [6.45, 7) is 4.62. The first-order valence-electron chi connectivity index (χ1n) is 12.9. The smallest absolute Gasteiger partial charge is 0.0843 e. The van der Waals surface area contributed by atoms with Crippen LogP contribution in [0.3, 0.4) is 0 Å². The standard InChI is InChI=1S/C29H43B/c1-3-5-7-9-11-15-22-29(23-16-12-10-8-6-4-2)26-20-14-13-18-24(26)25-19-17-21-27(30)28(25)29/h13-14,17-21H,3-12,15-16,22-23,30H2,1-2H3. The minimum Gasteiger partial charge on any atom is -0.0843 e. The summed E-state index contributed by atoms with van der Waals surface area (Å²) < 4.78 is 0. The van der Waals surface area contributed by atoms with Crippen LogP contribution >= 0.6 is 0 Å². The molecular formula is C29H43B. The monoisotopic (exact) mass is 402 g/mol. The van der Waals surface area contributed by atoms with E-state index in [1.54, 1.807) is 11.1 Å². The molecular weight excluding hydrogens is 359 g/mol. The third-order valence-corrected chi connectivity index (χ3v) is 7.40. The minimum atomic E-state index is 0.243. The van der Waals surface area contributed by atoms with Gasteiger partial charge in [0.05, 0.1) is 0 Å². The summed E-state index contributed by atoms with van der Waals surface area (Å²) >= 11 is 0. The average molecular weight is 402 g/mol. The van der Waals surface area contributed by atoms with Crippen molar-refractivity contribution in [2.24, 2.45) is 0 Å². The molecule has 0 unspecified atom stereocenters. The van der Waals surface area contributed by atoms with Crippen LogP contribution in [-0.4, -0.2) is 7.85 Å². The molecule has 0 N–H and O–H groups in total. The Bertz CT molecular complexity index is 760. The molecule has 0 aromatic heterocycles. The van der Waals surface area contributed by atoms with E-state index in [-0.39, 0.29) is 5.41 Å². The number of unbranched alkanes of at least 4 members (excludes halogenated alkanes) is 10. The SMILES string of the molecule is Bc1cccc2c1C(CCCCCCCC)(CCCCCCCC)c1ccccc1-2. The molecule has 1 heteroatoms. The van der Waals surface area contributed by atoms with E-state index in [2.05, 4.69) is 64.2 Å². The number of hydrogen-bond donors (Lipinski definition) is 0. The maximum Gasteiger partial charge on any atom is 0.139 e. The molecule has 0 amide bonds. The molecule has 2 aromatic rings. The largest absolute Gasteiger partial charge is 0.139 e. The molecule has 0 radical (unpaired) electrons. The van der Waals surface area contributed by atoms with Crippen molar-refractivity contribution in [3.8, 4) is 11.1 Å². The van der Waals surface area contributed by atoms with Crippen molar-refractivity contribution in [1.29, 1.82) is 0 Å². The Labute approximate surface area is 187 Å². The first kappa shape index (κ1) is 23.2. The van der Waals surface area contributed by atoms with Gasteiger partial charge in [0.1, 0.15) is 7.85 Å². The van der Waals surface area contributed by atoms with Gasteiger partial charge >= 0.3 is 0 Å². The topological polar surface area (TPSA) is 0 Å². The molecule has 0 spiro atoms. The van der Waals surface area contributed by atoms with E-state index >= 15 is 0 Å². The van der Waals surface area contributed by atoms with E-state index in [0.29, 0.717) is 0 Å². The molecule has 0 nitrogen and oxygen atoms in total. The average Bonchev–Trinajstić information content (AvgIpc) is 3.05. The zero-order valence-electron chi connectivity index (χ0n) is 19.9. The summed E-state index contributed by atoms with van der Waals surface area (Å²) in [5.74, 6) is 0. The summed E-state index contributed by atoms with van der Waals surface area (Å²) in [5.41, 5.74) is 8.05. The second kappa shape index (κ2) is 11.8. The van der Waals surface area contributed by atoms with Crippen molar-refractivity contribution in [3.05, 3.63) is 53.6 Å². The fourth-order valence-electron chi connectivity index (χ4n) is 5.86. The van der Waals surface area contributed by atoms with Gasteiger partial charge in [-0.2, -0.15) is 0 Å². The third-order valence-electron chi connectivity index (χ3n) is 7.40. The van der Waals surface area contributed by atoms with Crippen LogP contribution < -0.4 is 5.46 Å². The highest BCUT2D eigenvalue weighted by atomic mass is 14.4. The van der Waals surface area contributed by atoms with Gasteiger partial charge in [0, 0.05) is 5.41 Å². The predicted molar refractivity (Wildman–Crippen MR) is 137 cm³/mol. The van der Waals surface area contributed by atoms with Crippen LogP contribution in [0.25, 0.3) is 11.1 Å². The molecule has 1 aliphatic rings. The molecule has 0 heterocycles. The molecule has 0 aliphatic heterocycles. The van der Waals surface area contributed by atoms with Crippen molar-refractivity contribution in [2.45, 2.75) is 109 Å². The molecule has 1 aliphatic carbocycles. The van der Waals surface area contributed by atoms with Crippen LogP contribution in [0.2, 0.25) is 0 Å². The Morgan fingerprint density at radius 3 is 1.77 bits per heavy atom. The highest BCUT2D eigenvalue weighted by molar-refractivity contribution is 6.34. The summed E-state index contributed by atoms with van der Waals surface area (Å²) in [6, 6.07) is 16.3. The molecule has 0 bridgehead atoms. The summed E-state index contributed by atoms with van der Waals surface area (Å²) in [6.07, 6.45) is 19.2. The number of hydrogen-bond acceptors (Lipinski definition) is 0. The lowest BCUT2D eigenvalue weighted by Crippen LogP contribution is -2.31. The Morgan fingerprint density at radius 1 is 0.600 bits per heavy atom. The lowest BCUT2D eigenvalue weighted by molar-refractivity contribution is 0.399. The highest BCUT2D eigenvalue weighted by Gasteiger charge is 2.42. The van der Waals surface area contributed by atoms with Gasteiger partial charge in [-0.3, -0.25) is 0 Å². The van der Waals surface area contributed by atoms with Gasteiger partial charge in [-0.25, -0.2) is 0 Å². The molecule has 0 saturated heterocycles. The van der Waals surface area contributed by atoms with Crippen LogP contribution in [-0.2, 0) is 5.41 Å². The second-order valence-electron chi connectivity index (χ2n) is 9.66. The number of benzene rings is 2. The van der Waals surface area contributed by atoms with E-state index in [9.17, 15) is 0 Å². The van der Waals surface area contributed by atoms with Gasteiger partial charge in [-0.05, 0) is 35.1 Å². The van der Waals surface area contributed by atoms with Crippen molar-refractivity contribution >= 4 is 13.3 Å². The Hall–Kier alpha value is -1.50. The maximum atomic E-state index is 2.45. The lowest BCUT2D eigenvalue weighted by Gasteiger charge is -2.34. The predicted octanol–water partition coefficient (Wildman–Crippen LogP) is 7.71. The number of fused-ring (bicyclic) bond motifs is 3. The summed E-state index contributed by atoms with van der Waals surface area (Å²) in [7, 11) is 2.35. The van der Waals surface area contributed by atoms with Crippen LogP contribution in [0.1, 0.15) is 115 Å². The minimum absolute atomic E-state index is 0.243. The Balaban J connectivity index is 1.81. The fraction of sp³-hybridized carbons (Fsp3) is 0.586. The van der Waals surface area contributed by atoms with Gasteiger partial charge in [-0.15, -0.1) is 0 Å². The van der Waals surface area contributed by atoms with Gasteiger partial charge in [-0.1, -0.05) is 139 Å². The van der Waals surface area contributed by atoms with Gasteiger partial charge in [0.25, 0.3) is 0 Å². The molecule has 30 heavy (non-hydrogen) atoms. The zero-order chi connectivity index (χ0) is 21.2. The molecule has 0 saturated carbocycles. The first-order valence-corrected chi connectivity index (χ1v) is 12.9. The quantitative estimate of drug-likeness (QED) is 0.224. The Kier molecular flexibility index (Phi) is 9.10. The molecule has 162 valence electrons. The Morgan fingerprint density at radius 2 is 1.13 bits per heavy atom. The van der Waals surface area contributed by atoms with Crippen LogP contribution in [0, 0.1) is 0 Å². The zero-order valence-corrected chi connectivity index (χ0v) is 19.9. The van der Waals surface area contributed by atoms with E-state index in [0.717, 1.165) is 0 Å².